The fourth-order valence-electron chi connectivity index (χ4n) is 2.03. The minimum atomic E-state index is -4.64. The fourth-order valence-corrected chi connectivity index (χ4v) is 2.03. The third kappa shape index (κ3) is 3.51. The number of halogens is 3. The largest absolute Gasteiger partial charge is 0.435 e. The topological polar surface area (TPSA) is 85.8 Å². The number of rotatable bonds is 4. The summed E-state index contributed by atoms with van der Waals surface area (Å²) in [6.07, 6.45) is -3.44. The van der Waals surface area contributed by atoms with Crippen LogP contribution in [0.3, 0.4) is 0 Å². The second kappa shape index (κ2) is 5.67. The zero-order valence-electron chi connectivity index (χ0n) is 13.0. The van der Waals surface area contributed by atoms with E-state index in [1.54, 1.807) is 20.8 Å². The van der Waals surface area contributed by atoms with E-state index in [4.69, 9.17) is 4.52 Å². The highest BCUT2D eigenvalue weighted by Crippen LogP contribution is 2.35. The number of hydrogen-bond acceptors (Lipinski definition) is 5. The third-order valence-corrected chi connectivity index (χ3v) is 3.06. The molecule has 0 aliphatic carbocycles. The number of aromatic nitrogens is 4. The van der Waals surface area contributed by atoms with E-state index in [1.807, 2.05) is 0 Å². The molecule has 7 nitrogen and oxygen atoms in total. The summed E-state index contributed by atoms with van der Waals surface area (Å²) in [5, 5.41) is 9.76. The van der Waals surface area contributed by atoms with Crippen LogP contribution >= 0.6 is 0 Å². The van der Waals surface area contributed by atoms with Crippen molar-refractivity contribution in [3.63, 3.8) is 0 Å². The summed E-state index contributed by atoms with van der Waals surface area (Å²) in [5.41, 5.74) is -2.36. The average Bonchev–Trinajstić information content (AvgIpc) is 3.03. The molecule has 2 aromatic heterocycles. The Labute approximate surface area is 129 Å². The Morgan fingerprint density at radius 2 is 2.04 bits per heavy atom. The van der Waals surface area contributed by atoms with Gasteiger partial charge >= 0.3 is 6.18 Å². The monoisotopic (exact) mass is 331 g/mol. The predicted octanol–water partition coefficient (Wildman–Crippen LogP) is 2.34. The summed E-state index contributed by atoms with van der Waals surface area (Å²) in [4.78, 5) is 15.2. The molecule has 0 aromatic carbocycles. The van der Waals surface area contributed by atoms with Gasteiger partial charge in [-0.3, -0.25) is 9.48 Å². The Hall–Kier alpha value is -2.39. The van der Waals surface area contributed by atoms with Gasteiger partial charge in [0.25, 0.3) is 5.89 Å². The second-order valence-corrected chi connectivity index (χ2v) is 5.47. The van der Waals surface area contributed by atoms with E-state index in [0.29, 0.717) is 0 Å². The van der Waals surface area contributed by atoms with Gasteiger partial charge in [0.15, 0.2) is 11.5 Å². The van der Waals surface area contributed by atoms with Crippen LogP contribution in [-0.2, 0) is 23.1 Å². The van der Waals surface area contributed by atoms with Crippen molar-refractivity contribution < 1.29 is 22.5 Å². The van der Waals surface area contributed by atoms with Crippen molar-refractivity contribution in [2.75, 3.05) is 0 Å². The highest BCUT2D eigenvalue weighted by Gasteiger charge is 2.39. The number of amides is 1. The summed E-state index contributed by atoms with van der Waals surface area (Å²) in [7, 11) is 0. The predicted molar refractivity (Wildman–Crippen MR) is 73.0 cm³/mol. The molecule has 1 N–H and O–H groups in total. The van der Waals surface area contributed by atoms with E-state index in [9.17, 15) is 18.0 Å². The van der Waals surface area contributed by atoms with Gasteiger partial charge in [0.05, 0.1) is 11.1 Å². The van der Waals surface area contributed by atoms with E-state index in [-0.39, 0.29) is 29.7 Å². The lowest BCUT2D eigenvalue weighted by atomic mass is 10.1. The molecule has 2 aromatic rings. The van der Waals surface area contributed by atoms with Crippen LogP contribution in [0.5, 0.6) is 0 Å². The van der Waals surface area contributed by atoms with Crippen molar-refractivity contribution in [2.45, 2.75) is 46.0 Å². The van der Waals surface area contributed by atoms with Crippen LogP contribution in [0.4, 0.5) is 13.2 Å². The standard InChI is InChI=1S/C13H16F3N5O2/c1-5-21-6-8(9(19-21)13(14,15)16)10-17-11(20-23-10)12(3,4)18-7(2)22/h6H,5H2,1-4H3,(H,18,22). The van der Waals surface area contributed by atoms with Crippen LogP contribution < -0.4 is 5.32 Å². The summed E-state index contributed by atoms with van der Waals surface area (Å²) in [5.74, 6) is -0.554. The molecule has 2 rings (SSSR count). The molecule has 0 radical (unpaired) electrons. The quantitative estimate of drug-likeness (QED) is 0.929. The van der Waals surface area contributed by atoms with Gasteiger partial charge < -0.3 is 9.84 Å². The molecule has 0 unspecified atom stereocenters. The number of nitrogens with one attached hydrogen (secondary N) is 1. The first-order valence-electron chi connectivity index (χ1n) is 6.82. The highest BCUT2D eigenvalue weighted by molar-refractivity contribution is 5.73. The van der Waals surface area contributed by atoms with E-state index < -0.39 is 17.4 Å². The smallest absolute Gasteiger partial charge is 0.344 e. The number of aryl methyl sites for hydroxylation is 1. The van der Waals surface area contributed by atoms with Gasteiger partial charge in [-0.25, -0.2) is 0 Å². The lowest BCUT2D eigenvalue weighted by molar-refractivity contribution is -0.141. The molecule has 10 heteroatoms. The van der Waals surface area contributed by atoms with Crippen molar-refractivity contribution >= 4 is 5.91 Å². The first-order valence-corrected chi connectivity index (χ1v) is 6.82. The minimum Gasteiger partial charge on any atom is -0.344 e. The van der Waals surface area contributed by atoms with Crippen molar-refractivity contribution in [1.82, 2.24) is 25.2 Å². The van der Waals surface area contributed by atoms with Crippen LogP contribution in [0.2, 0.25) is 0 Å². The number of nitrogens with zero attached hydrogens (tertiary/aromatic N) is 4. The molecule has 0 fully saturated rings. The minimum absolute atomic E-state index is 0.0695. The lowest BCUT2D eigenvalue weighted by Crippen LogP contribution is -2.40. The zero-order chi connectivity index (χ0) is 17.4. The maximum atomic E-state index is 13.1. The first kappa shape index (κ1) is 17.0. The van der Waals surface area contributed by atoms with E-state index in [0.717, 1.165) is 4.68 Å². The molecule has 2 heterocycles. The molecular formula is C13H16F3N5O2. The Balaban J connectivity index is 2.45. The lowest BCUT2D eigenvalue weighted by Gasteiger charge is -2.20. The maximum absolute atomic E-state index is 13.1. The summed E-state index contributed by atoms with van der Waals surface area (Å²) in [6.45, 7) is 6.47. The number of alkyl halides is 3. The molecule has 1 amide bonds. The highest BCUT2D eigenvalue weighted by atomic mass is 19.4. The van der Waals surface area contributed by atoms with E-state index in [1.165, 1.54) is 13.1 Å². The molecule has 0 saturated heterocycles. The van der Waals surface area contributed by atoms with Gasteiger partial charge in [0.1, 0.15) is 0 Å². The molecule has 0 saturated carbocycles. The Morgan fingerprint density at radius 1 is 1.39 bits per heavy atom. The first-order chi connectivity index (χ1) is 10.5. The third-order valence-electron chi connectivity index (χ3n) is 3.06. The van der Waals surface area contributed by atoms with Gasteiger partial charge in [0.2, 0.25) is 5.91 Å². The fraction of sp³-hybridized carbons (Fsp3) is 0.538. The maximum Gasteiger partial charge on any atom is 0.435 e. The van der Waals surface area contributed by atoms with Crippen LogP contribution in [0, 0.1) is 0 Å². The van der Waals surface area contributed by atoms with Crippen LogP contribution in [0.1, 0.15) is 39.2 Å². The van der Waals surface area contributed by atoms with Gasteiger partial charge in [-0.05, 0) is 20.8 Å². The second-order valence-electron chi connectivity index (χ2n) is 5.47. The molecule has 0 aliphatic heterocycles. The molecule has 0 aliphatic rings. The molecule has 126 valence electrons. The Morgan fingerprint density at radius 3 is 2.57 bits per heavy atom. The Bertz CT molecular complexity index is 718. The average molecular weight is 331 g/mol. The zero-order valence-corrected chi connectivity index (χ0v) is 13.0. The normalized spacial score (nSPS) is 12.5. The van der Waals surface area contributed by atoms with E-state index >= 15 is 0 Å². The molecule has 0 bridgehead atoms. The van der Waals surface area contributed by atoms with E-state index in [2.05, 4.69) is 20.6 Å². The molecule has 23 heavy (non-hydrogen) atoms. The van der Waals surface area contributed by atoms with Crippen molar-refractivity contribution in [3.8, 4) is 11.5 Å². The van der Waals surface area contributed by atoms with Gasteiger partial charge in [-0.1, -0.05) is 5.16 Å². The van der Waals surface area contributed by atoms with Crippen LogP contribution in [0.15, 0.2) is 10.7 Å². The Kier molecular flexibility index (Phi) is 4.18. The van der Waals surface area contributed by atoms with Crippen molar-refractivity contribution in [1.29, 1.82) is 0 Å². The molecule has 0 atom stereocenters. The van der Waals surface area contributed by atoms with Crippen LogP contribution in [-0.4, -0.2) is 25.8 Å². The van der Waals surface area contributed by atoms with Crippen molar-refractivity contribution in [2.24, 2.45) is 0 Å². The number of hydrogen-bond donors (Lipinski definition) is 1. The molecular weight excluding hydrogens is 315 g/mol. The van der Waals surface area contributed by atoms with Crippen molar-refractivity contribution in [3.05, 3.63) is 17.7 Å². The number of carbonyl (C=O) groups excluding carboxylic acids is 1. The van der Waals surface area contributed by atoms with Gasteiger partial charge in [-0.2, -0.15) is 23.3 Å². The number of carbonyl (C=O) groups is 1. The SMILES string of the molecule is CCn1cc(-c2nc(C(C)(C)NC(C)=O)no2)c(C(F)(F)F)n1. The van der Waals surface area contributed by atoms with Gasteiger partial charge in [0, 0.05) is 19.7 Å². The van der Waals surface area contributed by atoms with Gasteiger partial charge in [-0.15, -0.1) is 0 Å². The van der Waals surface area contributed by atoms with Crippen LogP contribution in [0.25, 0.3) is 11.5 Å². The summed E-state index contributed by atoms with van der Waals surface area (Å²) < 4.78 is 45.3. The molecule has 0 spiro atoms. The summed E-state index contributed by atoms with van der Waals surface area (Å²) in [6, 6.07) is 0. The summed E-state index contributed by atoms with van der Waals surface area (Å²) >= 11 is 0.